The van der Waals surface area contributed by atoms with Crippen LogP contribution in [-0.2, 0) is 16.6 Å². The standard InChI is InChI=1S/C10H17BrN2O4S/c1-7(5-13(2)3)12-18(15,16)9-4-8(6-14)17-10(9)11/h4,7,12,14H,5-6H2,1-3H3. The molecule has 0 saturated carbocycles. The molecule has 0 fully saturated rings. The maximum Gasteiger partial charge on any atom is 0.245 e. The molecular weight excluding hydrogens is 324 g/mol. The first-order chi connectivity index (χ1) is 8.26. The molecule has 1 rings (SSSR count). The second-order valence-electron chi connectivity index (χ2n) is 4.29. The molecule has 0 amide bonds. The van der Waals surface area contributed by atoms with Crippen LogP contribution < -0.4 is 4.72 Å². The molecule has 6 nitrogen and oxygen atoms in total. The maximum atomic E-state index is 12.1. The first-order valence-corrected chi connectivity index (χ1v) is 7.60. The Morgan fingerprint density at radius 1 is 1.56 bits per heavy atom. The van der Waals surface area contributed by atoms with Crippen LogP contribution in [0.1, 0.15) is 12.7 Å². The van der Waals surface area contributed by atoms with Crippen LogP contribution in [0.4, 0.5) is 0 Å². The molecule has 1 aromatic rings. The first-order valence-electron chi connectivity index (χ1n) is 5.32. The van der Waals surface area contributed by atoms with Gasteiger partial charge in [-0.25, -0.2) is 13.1 Å². The van der Waals surface area contributed by atoms with E-state index in [2.05, 4.69) is 20.7 Å². The van der Waals surface area contributed by atoms with Crippen LogP contribution in [0.2, 0.25) is 0 Å². The van der Waals surface area contributed by atoms with Gasteiger partial charge in [0.15, 0.2) is 4.67 Å². The smallest absolute Gasteiger partial charge is 0.245 e. The Kier molecular flexibility index (Phi) is 5.35. The van der Waals surface area contributed by atoms with E-state index in [1.165, 1.54) is 6.07 Å². The number of halogens is 1. The number of likely N-dealkylation sites (N-methyl/N-ethyl adjacent to an activating group) is 1. The summed E-state index contributed by atoms with van der Waals surface area (Å²) in [4.78, 5) is 1.88. The van der Waals surface area contributed by atoms with Crippen molar-refractivity contribution >= 4 is 26.0 Å². The second kappa shape index (κ2) is 6.16. The molecule has 1 heterocycles. The van der Waals surface area contributed by atoms with E-state index in [-0.39, 0.29) is 28.0 Å². The van der Waals surface area contributed by atoms with Crippen molar-refractivity contribution in [1.82, 2.24) is 9.62 Å². The second-order valence-corrected chi connectivity index (χ2v) is 6.70. The van der Waals surface area contributed by atoms with Gasteiger partial charge in [0.05, 0.1) is 0 Å². The molecule has 18 heavy (non-hydrogen) atoms. The van der Waals surface area contributed by atoms with Crippen LogP contribution in [0.3, 0.4) is 0 Å². The van der Waals surface area contributed by atoms with Crippen molar-refractivity contribution in [1.29, 1.82) is 0 Å². The number of aliphatic hydroxyl groups excluding tert-OH is 1. The van der Waals surface area contributed by atoms with E-state index in [4.69, 9.17) is 9.52 Å². The van der Waals surface area contributed by atoms with Gasteiger partial charge in [-0.1, -0.05) is 0 Å². The first kappa shape index (κ1) is 15.6. The number of nitrogens with zero attached hydrogens (tertiary/aromatic N) is 1. The zero-order valence-electron chi connectivity index (χ0n) is 10.5. The number of rotatable bonds is 6. The van der Waals surface area contributed by atoms with Crippen LogP contribution in [-0.4, -0.2) is 45.1 Å². The van der Waals surface area contributed by atoms with Gasteiger partial charge in [0.2, 0.25) is 10.0 Å². The van der Waals surface area contributed by atoms with Gasteiger partial charge in [-0.15, -0.1) is 0 Å². The predicted octanol–water partition coefficient (Wildman–Crippen LogP) is 0.763. The van der Waals surface area contributed by atoms with E-state index >= 15 is 0 Å². The monoisotopic (exact) mass is 340 g/mol. The summed E-state index contributed by atoms with van der Waals surface area (Å²) in [6, 6.07) is 1.07. The molecule has 0 spiro atoms. The lowest BCUT2D eigenvalue weighted by atomic mass is 10.3. The number of furan rings is 1. The van der Waals surface area contributed by atoms with Gasteiger partial charge in [0.1, 0.15) is 17.3 Å². The van der Waals surface area contributed by atoms with Gasteiger partial charge in [-0.2, -0.15) is 0 Å². The molecule has 0 aliphatic carbocycles. The van der Waals surface area contributed by atoms with Gasteiger partial charge < -0.3 is 14.4 Å². The Morgan fingerprint density at radius 3 is 2.61 bits per heavy atom. The molecular formula is C10H17BrN2O4S. The van der Waals surface area contributed by atoms with Crippen molar-refractivity contribution in [3.05, 3.63) is 16.5 Å². The molecule has 0 bridgehead atoms. The zero-order chi connectivity index (χ0) is 13.9. The highest BCUT2D eigenvalue weighted by molar-refractivity contribution is 9.10. The van der Waals surface area contributed by atoms with Crippen molar-refractivity contribution in [3.8, 4) is 0 Å². The van der Waals surface area contributed by atoms with E-state index in [0.29, 0.717) is 6.54 Å². The minimum absolute atomic E-state index is 0.00263. The highest BCUT2D eigenvalue weighted by Gasteiger charge is 2.24. The number of hydrogen-bond acceptors (Lipinski definition) is 5. The summed E-state index contributed by atoms with van der Waals surface area (Å²) in [7, 11) is 0.0736. The lowest BCUT2D eigenvalue weighted by Crippen LogP contribution is -2.39. The van der Waals surface area contributed by atoms with Gasteiger partial charge in [-0.3, -0.25) is 0 Å². The Hall–Kier alpha value is -0.410. The highest BCUT2D eigenvalue weighted by atomic mass is 79.9. The van der Waals surface area contributed by atoms with Crippen LogP contribution >= 0.6 is 15.9 Å². The minimum Gasteiger partial charge on any atom is -0.450 e. The quantitative estimate of drug-likeness (QED) is 0.798. The molecule has 0 aliphatic heterocycles. The average Bonchev–Trinajstić information content (AvgIpc) is 2.58. The van der Waals surface area contributed by atoms with E-state index in [0.717, 1.165) is 0 Å². The molecule has 104 valence electrons. The fourth-order valence-corrected chi connectivity index (χ4v) is 3.80. The summed E-state index contributed by atoms with van der Waals surface area (Å²) in [6.07, 6.45) is 0. The van der Waals surface area contributed by atoms with E-state index in [1.54, 1.807) is 6.92 Å². The van der Waals surface area contributed by atoms with Crippen molar-refractivity contribution in [3.63, 3.8) is 0 Å². The summed E-state index contributed by atoms with van der Waals surface area (Å²) in [5, 5.41) is 8.91. The summed E-state index contributed by atoms with van der Waals surface area (Å²) in [5.41, 5.74) is 0. The van der Waals surface area contributed by atoms with E-state index in [1.807, 2.05) is 19.0 Å². The Bertz CT molecular complexity index is 498. The molecule has 0 radical (unpaired) electrons. The van der Waals surface area contributed by atoms with Crippen molar-refractivity contribution in [2.45, 2.75) is 24.5 Å². The predicted molar refractivity (Wildman–Crippen MR) is 70.7 cm³/mol. The summed E-state index contributed by atoms with van der Waals surface area (Å²) in [5.74, 6) is 0.197. The van der Waals surface area contributed by atoms with E-state index in [9.17, 15) is 8.42 Å². The van der Waals surface area contributed by atoms with Crippen molar-refractivity contribution in [2.75, 3.05) is 20.6 Å². The van der Waals surface area contributed by atoms with Crippen molar-refractivity contribution < 1.29 is 17.9 Å². The van der Waals surface area contributed by atoms with Crippen molar-refractivity contribution in [2.24, 2.45) is 0 Å². The van der Waals surface area contributed by atoms with E-state index < -0.39 is 10.0 Å². The largest absolute Gasteiger partial charge is 0.450 e. The number of hydrogen-bond donors (Lipinski definition) is 2. The zero-order valence-corrected chi connectivity index (χ0v) is 12.9. The molecule has 0 saturated heterocycles. The molecule has 0 aromatic carbocycles. The average molecular weight is 341 g/mol. The van der Waals surface area contributed by atoms with Gasteiger partial charge >= 0.3 is 0 Å². The van der Waals surface area contributed by atoms with Crippen LogP contribution in [0.25, 0.3) is 0 Å². The summed E-state index contributed by atoms with van der Waals surface area (Å²) in [6.45, 7) is 2.02. The fraction of sp³-hybridized carbons (Fsp3) is 0.600. The van der Waals surface area contributed by atoms with Crippen LogP contribution in [0, 0.1) is 0 Å². The Labute approximate surface area is 115 Å². The summed E-state index contributed by atoms with van der Waals surface area (Å²) < 4.78 is 31.8. The van der Waals surface area contributed by atoms with Crippen LogP contribution in [0.5, 0.6) is 0 Å². The normalized spacial score (nSPS) is 14.1. The third-order valence-electron chi connectivity index (χ3n) is 2.15. The summed E-state index contributed by atoms with van der Waals surface area (Å²) >= 11 is 3.03. The molecule has 0 aliphatic rings. The number of sulfonamides is 1. The highest BCUT2D eigenvalue weighted by Crippen LogP contribution is 2.26. The van der Waals surface area contributed by atoms with Gasteiger partial charge in [0.25, 0.3) is 0 Å². The van der Waals surface area contributed by atoms with Crippen LogP contribution in [0.15, 0.2) is 20.0 Å². The molecule has 1 unspecified atom stereocenters. The SMILES string of the molecule is CC(CN(C)C)NS(=O)(=O)c1cc(CO)oc1Br. The molecule has 2 N–H and O–H groups in total. The lowest BCUT2D eigenvalue weighted by molar-refractivity contribution is 0.245. The topological polar surface area (TPSA) is 82.8 Å². The number of nitrogens with one attached hydrogen (secondary N) is 1. The van der Waals surface area contributed by atoms with Gasteiger partial charge in [-0.05, 0) is 36.9 Å². The Balaban J connectivity index is 2.89. The Morgan fingerprint density at radius 2 is 2.17 bits per heavy atom. The molecule has 1 aromatic heterocycles. The molecule has 1 atom stereocenters. The lowest BCUT2D eigenvalue weighted by Gasteiger charge is -2.17. The number of aliphatic hydroxyl groups is 1. The maximum absolute atomic E-state index is 12.1. The third kappa shape index (κ3) is 4.06. The fourth-order valence-electron chi connectivity index (χ4n) is 1.57. The minimum atomic E-state index is -3.65. The molecule has 8 heteroatoms. The third-order valence-corrected chi connectivity index (χ3v) is 4.59. The van der Waals surface area contributed by atoms with Gasteiger partial charge in [0, 0.05) is 18.7 Å².